The maximum atomic E-state index is 12.0. The van der Waals surface area contributed by atoms with E-state index in [1.807, 2.05) is 12.2 Å². The Labute approximate surface area is 176 Å². The molecular formula is C27H38O2. The monoisotopic (exact) mass is 394 g/mol. The maximum absolute atomic E-state index is 12.0. The Morgan fingerprint density at radius 1 is 1.17 bits per heavy atom. The summed E-state index contributed by atoms with van der Waals surface area (Å²) in [5.74, 6) is 5.30. The van der Waals surface area contributed by atoms with Crippen molar-refractivity contribution in [2.24, 2.45) is 40.4 Å². The topological polar surface area (TPSA) is 26.3 Å². The second-order valence-electron chi connectivity index (χ2n) is 11.3. The summed E-state index contributed by atoms with van der Waals surface area (Å²) in [5, 5.41) is 0. The summed E-state index contributed by atoms with van der Waals surface area (Å²) in [5.41, 5.74) is 3.49. The number of allylic oxidation sites excluding steroid dienone is 6. The number of hydrogen-bond donors (Lipinski definition) is 0. The Hall–Kier alpha value is -1.31. The van der Waals surface area contributed by atoms with Crippen LogP contribution in [-0.4, -0.2) is 12.4 Å². The Balaban J connectivity index is 1.42. The van der Waals surface area contributed by atoms with Crippen LogP contribution in [0.1, 0.15) is 79.1 Å². The molecule has 0 saturated heterocycles. The molecule has 4 aliphatic carbocycles. The maximum Gasteiger partial charge on any atom is 0.178 e. The van der Waals surface area contributed by atoms with Gasteiger partial charge in [0.1, 0.15) is 0 Å². The molecule has 5 rings (SSSR count). The van der Waals surface area contributed by atoms with Crippen molar-refractivity contribution in [3.05, 3.63) is 35.1 Å². The molecule has 1 aliphatic heterocycles. The molecule has 0 N–H and O–H groups in total. The summed E-state index contributed by atoms with van der Waals surface area (Å²) in [6.45, 7) is 10.4. The summed E-state index contributed by atoms with van der Waals surface area (Å²) in [6, 6.07) is 0. The lowest BCUT2D eigenvalue weighted by atomic mass is 9.47. The average molecular weight is 395 g/mol. The van der Waals surface area contributed by atoms with Crippen molar-refractivity contribution in [1.29, 1.82) is 0 Å². The molecule has 0 unspecified atom stereocenters. The van der Waals surface area contributed by atoms with Crippen LogP contribution in [0.2, 0.25) is 0 Å². The first kappa shape index (κ1) is 19.6. The molecule has 3 fully saturated rings. The summed E-state index contributed by atoms with van der Waals surface area (Å²) in [7, 11) is 0. The third-order valence-corrected chi connectivity index (χ3v) is 9.70. The van der Waals surface area contributed by atoms with Crippen LogP contribution < -0.4 is 0 Å². The first-order valence-corrected chi connectivity index (χ1v) is 12.1. The summed E-state index contributed by atoms with van der Waals surface area (Å²) in [4.78, 5) is 12.0. The minimum absolute atomic E-state index is 0.110. The van der Waals surface area contributed by atoms with Gasteiger partial charge in [0.2, 0.25) is 0 Å². The molecule has 0 aromatic heterocycles. The van der Waals surface area contributed by atoms with Crippen LogP contribution in [0.3, 0.4) is 0 Å². The molecule has 0 radical (unpaired) electrons. The highest BCUT2D eigenvalue weighted by molar-refractivity contribution is 6.01. The quantitative estimate of drug-likeness (QED) is 0.537. The number of rotatable bonds is 3. The molecule has 3 saturated carbocycles. The van der Waals surface area contributed by atoms with E-state index >= 15 is 0 Å². The van der Waals surface area contributed by atoms with Gasteiger partial charge in [-0.25, -0.2) is 0 Å². The first-order valence-electron chi connectivity index (χ1n) is 12.1. The van der Waals surface area contributed by atoms with E-state index in [1.54, 1.807) is 5.57 Å². The van der Waals surface area contributed by atoms with E-state index in [9.17, 15) is 4.79 Å². The van der Waals surface area contributed by atoms with Gasteiger partial charge in [-0.1, -0.05) is 32.4 Å². The zero-order valence-corrected chi connectivity index (χ0v) is 18.8. The van der Waals surface area contributed by atoms with Gasteiger partial charge in [0.05, 0.1) is 12.4 Å². The number of hydrogen-bond acceptors (Lipinski definition) is 2. The second-order valence-corrected chi connectivity index (χ2v) is 11.3. The zero-order chi connectivity index (χ0) is 20.4. The van der Waals surface area contributed by atoms with E-state index in [0.29, 0.717) is 11.3 Å². The van der Waals surface area contributed by atoms with Crippen LogP contribution in [0, 0.1) is 40.4 Å². The molecule has 6 atom stereocenters. The standard InChI is InChI=1S/C27H38O2/c1-17(2)5-10-25-18(3)22-8-9-24-21-7-6-19-15-20(28)11-13-26(19,4)23(21)12-14-27(22,24)16-29-25/h11,13,15,17,21-24H,5-10,12,14,16H2,1-4H3/t21-,22-,23+,24-,26+,27+/m1/s1. The van der Waals surface area contributed by atoms with Gasteiger partial charge in [0.25, 0.3) is 0 Å². The Kier molecular flexibility index (Phi) is 4.64. The third-order valence-electron chi connectivity index (χ3n) is 9.70. The highest BCUT2D eigenvalue weighted by atomic mass is 16.5. The van der Waals surface area contributed by atoms with Crippen LogP contribution in [-0.2, 0) is 9.53 Å². The van der Waals surface area contributed by atoms with Crippen LogP contribution in [0.5, 0.6) is 0 Å². The molecule has 1 heterocycles. The summed E-state index contributed by atoms with van der Waals surface area (Å²) >= 11 is 0. The molecule has 1 spiro atoms. The van der Waals surface area contributed by atoms with E-state index in [0.717, 1.165) is 43.1 Å². The minimum Gasteiger partial charge on any atom is -0.497 e. The second kappa shape index (κ2) is 6.86. The van der Waals surface area contributed by atoms with Gasteiger partial charge in [0.15, 0.2) is 5.78 Å². The van der Waals surface area contributed by atoms with Gasteiger partial charge in [-0.3, -0.25) is 4.79 Å². The van der Waals surface area contributed by atoms with Crippen molar-refractivity contribution in [2.45, 2.75) is 79.1 Å². The van der Waals surface area contributed by atoms with Crippen molar-refractivity contribution in [2.75, 3.05) is 6.61 Å². The lowest BCUT2D eigenvalue weighted by molar-refractivity contribution is -0.111. The number of ether oxygens (including phenoxy) is 1. The molecule has 0 aromatic rings. The smallest absolute Gasteiger partial charge is 0.178 e. The Morgan fingerprint density at radius 3 is 2.79 bits per heavy atom. The lowest BCUT2D eigenvalue weighted by Gasteiger charge is -2.58. The molecule has 0 bridgehead atoms. The first-order chi connectivity index (χ1) is 13.8. The molecule has 2 heteroatoms. The van der Waals surface area contributed by atoms with E-state index in [1.165, 1.54) is 49.9 Å². The summed E-state index contributed by atoms with van der Waals surface area (Å²) < 4.78 is 6.55. The number of fused-ring (bicyclic) bond motifs is 4. The molecule has 5 aliphatic rings. The zero-order valence-electron chi connectivity index (χ0n) is 18.8. The minimum atomic E-state index is 0.110. The van der Waals surface area contributed by atoms with Gasteiger partial charge in [0, 0.05) is 17.3 Å². The molecule has 0 amide bonds. The van der Waals surface area contributed by atoms with Crippen molar-refractivity contribution in [3.63, 3.8) is 0 Å². The van der Waals surface area contributed by atoms with Crippen molar-refractivity contribution in [3.8, 4) is 0 Å². The van der Waals surface area contributed by atoms with Gasteiger partial charge in [-0.15, -0.1) is 0 Å². The SMILES string of the molecule is CC1=C(CCC(C)C)OC[C@]23CC[C@H]4[C@@H](CCC5=CC(=O)C=C[C@@]54C)[C@H]2CC[C@H]13. The average Bonchev–Trinajstić information content (AvgIpc) is 3.08. The van der Waals surface area contributed by atoms with E-state index in [4.69, 9.17) is 4.74 Å². The van der Waals surface area contributed by atoms with E-state index in [2.05, 4.69) is 33.8 Å². The fraction of sp³-hybridized carbons (Fsp3) is 0.741. The third kappa shape index (κ3) is 2.84. The predicted molar refractivity (Wildman–Crippen MR) is 117 cm³/mol. The molecule has 2 nitrogen and oxygen atoms in total. The normalized spacial score (nSPS) is 43.3. The highest BCUT2D eigenvalue weighted by Crippen LogP contribution is 2.68. The van der Waals surface area contributed by atoms with Crippen LogP contribution in [0.15, 0.2) is 35.1 Å². The van der Waals surface area contributed by atoms with Crippen LogP contribution >= 0.6 is 0 Å². The Bertz CT molecular complexity index is 799. The predicted octanol–water partition coefficient (Wildman–Crippen LogP) is 6.63. The highest BCUT2D eigenvalue weighted by Gasteiger charge is 2.62. The molecule has 29 heavy (non-hydrogen) atoms. The lowest BCUT2D eigenvalue weighted by Crippen LogP contribution is -2.53. The largest absolute Gasteiger partial charge is 0.497 e. The van der Waals surface area contributed by atoms with Gasteiger partial charge in [-0.2, -0.15) is 0 Å². The molecule has 158 valence electrons. The van der Waals surface area contributed by atoms with Gasteiger partial charge in [-0.05, 0) is 99.2 Å². The van der Waals surface area contributed by atoms with Gasteiger partial charge >= 0.3 is 0 Å². The fourth-order valence-corrected chi connectivity index (χ4v) is 8.15. The van der Waals surface area contributed by atoms with Gasteiger partial charge < -0.3 is 4.74 Å². The Morgan fingerprint density at radius 2 is 2.00 bits per heavy atom. The number of carbonyl (C=O) groups excluding carboxylic acids is 1. The van der Waals surface area contributed by atoms with E-state index in [-0.39, 0.29) is 11.2 Å². The van der Waals surface area contributed by atoms with Crippen molar-refractivity contribution in [1.82, 2.24) is 0 Å². The number of carbonyl (C=O) groups is 1. The van der Waals surface area contributed by atoms with Crippen LogP contribution in [0.25, 0.3) is 0 Å². The molecular weight excluding hydrogens is 356 g/mol. The van der Waals surface area contributed by atoms with Crippen molar-refractivity contribution < 1.29 is 9.53 Å². The van der Waals surface area contributed by atoms with Crippen LogP contribution in [0.4, 0.5) is 0 Å². The number of ketones is 1. The fourth-order valence-electron chi connectivity index (χ4n) is 8.15. The summed E-state index contributed by atoms with van der Waals surface area (Å²) in [6.07, 6.45) is 16.1. The molecule has 0 aromatic carbocycles. The van der Waals surface area contributed by atoms with Crippen molar-refractivity contribution >= 4 is 5.78 Å². The van der Waals surface area contributed by atoms with E-state index < -0.39 is 0 Å².